The number of nitrogens with one attached hydrogen (secondary N) is 1. The molecule has 1 rings (SSSR count). The van der Waals surface area contributed by atoms with Gasteiger partial charge in [0.25, 0.3) is 0 Å². The molecule has 2 N–H and O–H groups in total. The highest BCUT2D eigenvalue weighted by Crippen LogP contribution is 2.30. The molecule has 92 valence electrons. The van der Waals surface area contributed by atoms with Gasteiger partial charge in [0.05, 0.1) is 22.1 Å². The summed E-state index contributed by atoms with van der Waals surface area (Å²) in [6, 6.07) is 3.36. The first-order valence-corrected chi connectivity index (χ1v) is 6.97. The van der Waals surface area contributed by atoms with Gasteiger partial charge in [-0.3, -0.25) is 0 Å². The molecule has 7 heteroatoms. The standard InChI is InChI=1S/C10H8BrClFIN2O/c11-7-1-8(14)10(6(3-15)9(7)13)16-4-5(17)2-12/h1,5,16-17H,2,4H2. The maximum Gasteiger partial charge on any atom is 0.157 e. The molecule has 1 unspecified atom stereocenters. The molecule has 17 heavy (non-hydrogen) atoms. The van der Waals surface area contributed by atoms with Crippen molar-refractivity contribution < 1.29 is 9.50 Å². The molecule has 0 bridgehead atoms. The minimum absolute atomic E-state index is 0.0739. The molecule has 0 saturated heterocycles. The fraction of sp³-hybridized carbons (Fsp3) is 0.300. The number of nitrogens with zero attached hydrogens (tertiary/aromatic N) is 1. The van der Waals surface area contributed by atoms with Crippen LogP contribution >= 0.6 is 50.1 Å². The van der Waals surface area contributed by atoms with Crippen LogP contribution in [0.1, 0.15) is 5.56 Å². The van der Waals surface area contributed by atoms with Crippen LogP contribution in [0.3, 0.4) is 0 Å². The quantitative estimate of drug-likeness (QED) is 0.436. The van der Waals surface area contributed by atoms with Crippen LogP contribution in [0.25, 0.3) is 0 Å². The van der Waals surface area contributed by atoms with E-state index in [1.165, 1.54) is 0 Å². The van der Waals surface area contributed by atoms with Gasteiger partial charge in [-0.1, -0.05) is 0 Å². The Balaban J connectivity index is 3.07. The topological polar surface area (TPSA) is 56.0 Å². The average Bonchev–Trinajstić information content (AvgIpc) is 2.31. The summed E-state index contributed by atoms with van der Waals surface area (Å²) in [7, 11) is 0. The minimum atomic E-state index is -0.745. The average molecular weight is 433 g/mol. The summed E-state index contributed by atoms with van der Waals surface area (Å²) in [6.07, 6.45) is -0.745. The van der Waals surface area contributed by atoms with Crippen LogP contribution in [0.2, 0.25) is 0 Å². The summed E-state index contributed by atoms with van der Waals surface area (Å²) in [6.45, 7) is 0.162. The van der Waals surface area contributed by atoms with E-state index in [1.807, 2.05) is 22.6 Å². The lowest BCUT2D eigenvalue weighted by Gasteiger charge is -2.14. The monoisotopic (exact) mass is 432 g/mol. The molecule has 0 aromatic heterocycles. The maximum absolute atomic E-state index is 13.6. The number of nitriles is 1. The highest BCUT2D eigenvalue weighted by molar-refractivity contribution is 14.1. The van der Waals surface area contributed by atoms with Crippen LogP contribution in [0.5, 0.6) is 0 Å². The van der Waals surface area contributed by atoms with Crippen molar-refractivity contribution >= 4 is 55.8 Å². The lowest BCUT2D eigenvalue weighted by molar-refractivity contribution is 0.211. The van der Waals surface area contributed by atoms with E-state index in [4.69, 9.17) is 16.9 Å². The van der Waals surface area contributed by atoms with Crippen LogP contribution < -0.4 is 5.32 Å². The van der Waals surface area contributed by atoms with Crippen LogP contribution in [0, 0.1) is 20.7 Å². The molecule has 1 atom stereocenters. The first kappa shape index (κ1) is 15.0. The molecule has 0 saturated carbocycles. The Hall–Kier alpha value is -0.100. The van der Waals surface area contributed by atoms with Gasteiger partial charge in [-0.25, -0.2) is 4.39 Å². The van der Waals surface area contributed by atoms with E-state index < -0.39 is 11.9 Å². The van der Waals surface area contributed by atoms with E-state index in [1.54, 1.807) is 12.1 Å². The maximum atomic E-state index is 13.6. The molecule has 1 aromatic rings. The van der Waals surface area contributed by atoms with Gasteiger partial charge in [-0.05, 0) is 44.6 Å². The number of aliphatic hydroxyl groups excluding tert-OH is 1. The van der Waals surface area contributed by atoms with E-state index >= 15 is 0 Å². The summed E-state index contributed by atoms with van der Waals surface area (Å²) in [5, 5.41) is 21.1. The van der Waals surface area contributed by atoms with Gasteiger partial charge in [0.2, 0.25) is 0 Å². The number of hydrogen-bond acceptors (Lipinski definition) is 3. The van der Waals surface area contributed by atoms with Crippen LogP contribution in [0.4, 0.5) is 10.1 Å². The molecular weight excluding hydrogens is 425 g/mol. The van der Waals surface area contributed by atoms with E-state index in [2.05, 4.69) is 21.2 Å². The Kier molecular flexibility index (Phi) is 5.92. The Morgan fingerprint density at radius 1 is 1.71 bits per heavy atom. The van der Waals surface area contributed by atoms with E-state index in [-0.39, 0.29) is 22.5 Å². The fourth-order valence-electron chi connectivity index (χ4n) is 1.15. The molecule has 0 aliphatic heterocycles. The smallest absolute Gasteiger partial charge is 0.157 e. The molecule has 0 radical (unpaired) electrons. The third-order valence-corrected chi connectivity index (χ3v) is 3.76. The Bertz CT molecular complexity index is 467. The van der Waals surface area contributed by atoms with Gasteiger partial charge in [-0.2, -0.15) is 5.26 Å². The molecule has 0 aliphatic carbocycles. The SMILES string of the molecule is N#Cc1c(F)c(Br)cc(I)c1NCC(O)CCl. The third kappa shape index (κ3) is 3.68. The van der Waals surface area contributed by atoms with Crippen molar-refractivity contribution in [3.63, 3.8) is 0 Å². The second-order valence-corrected chi connectivity index (χ2v) is 5.53. The van der Waals surface area contributed by atoms with Crippen molar-refractivity contribution in [3.8, 4) is 6.07 Å². The summed E-state index contributed by atoms with van der Waals surface area (Å²) < 4.78 is 14.6. The summed E-state index contributed by atoms with van der Waals surface area (Å²) in [4.78, 5) is 0. The first-order valence-electron chi connectivity index (χ1n) is 4.56. The van der Waals surface area contributed by atoms with Crippen LogP contribution in [0.15, 0.2) is 10.5 Å². The van der Waals surface area contributed by atoms with Crippen molar-refractivity contribution in [2.75, 3.05) is 17.7 Å². The molecule has 0 heterocycles. The Labute approximate surface area is 125 Å². The van der Waals surface area contributed by atoms with E-state index in [0.717, 1.165) is 0 Å². The minimum Gasteiger partial charge on any atom is -0.390 e. The first-order chi connectivity index (χ1) is 8.01. The number of alkyl halides is 1. The summed E-state index contributed by atoms with van der Waals surface area (Å²) >= 11 is 10.5. The van der Waals surface area contributed by atoms with Crippen molar-refractivity contribution in [1.29, 1.82) is 5.26 Å². The fourth-order valence-corrected chi connectivity index (χ4v) is 2.88. The van der Waals surface area contributed by atoms with Crippen molar-refractivity contribution in [2.24, 2.45) is 0 Å². The molecule has 3 nitrogen and oxygen atoms in total. The molecule has 0 amide bonds. The molecular formula is C10H8BrClFIN2O. The zero-order chi connectivity index (χ0) is 13.0. The van der Waals surface area contributed by atoms with E-state index in [0.29, 0.717) is 9.26 Å². The highest BCUT2D eigenvalue weighted by atomic mass is 127. The largest absolute Gasteiger partial charge is 0.390 e. The highest BCUT2D eigenvalue weighted by Gasteiger charge is 2.16. The molecule has 0 aliphatic rings. The van der Waals surface area contributed by atoms with Crippen LogP contribution in [-0.2, 0) is 0 Å². The summed E-state index contributed by atoms with van der Waals surface area (Å²) in [5.74, 6) is -0.541. The number of anilines is 1. The van der Waals surface area contributed by atoms with E-state index in [9.17, 15) is 9.50 Å². The number of aliphatic hydroxyl groups is 1. The Morgan fingerprint density at radius 2 is 2.35 bits per heavy atom. The Morgan fingerprint density at radius 3 is 2.88 bits per heavy atom. The molecule has 1 aromatic carbocycles. The van der Waals surface area contributed by atoms with Gasteiger partial charge >= 0.3 is 0 Å². The van der Waals surface area contributed by atoms with Gasteiger partial charge in [0, 0.05) is 10.1 Å². The second-order valence-electron chi connectivity index (χ2n) is 3.21. The number of hydrogen-bond donors (Lipinski definition) is 2. The lowest BCUT2D eigenvalue weighted by Crippen LogP contribution is -2.22. The zero-order valence-electron chi connectivity index (χ0n) is 8.48. The molecule has 0 fully saturated rings. The predicted octanol–water partition coefficient (Wildman–Crippen LogP) is 3.08. The number of rotatable bonds is 4. The third-order valence-electron chi connectivity index (χ3n) is 1.98. The lowest BCUT2D eigenvalue weighted by atomic mass is 10.2. The normalized spacial score (nSPS) is 12.0. The van der Waals surface area contributed by atoms with Gasteiger partial charge in [-0.15, -0.1) is 11.6 Å². The number of halogens is 4. The zero-order valence-corrected chi connectivity index (χ0v) is 13.0. The van der Waals surface area contributed by atoms with Crippen LogP contribution in [-0.4, -0.2) is 23.6 Å². The number of benzene rings is 1. The van der Waals surface area contributed by atoms with Gasteiger partial charge in [0.1, 0.15) is 11.6 Å². The van der Waals surface area contributed by atoms with Gasteiger partial charge < -0.3 is 10.4 Å². The van der Waals surface area contributed by atoms with Gasteiger partial charge in [0.15, 0.2) is 5.82 Å². The predicted molar refractivity (Wildman–Crippen MR) is 76.7 cm³/mol. The summed E-state index contributed by atoms with van der Waals surface area (Å²) in [5.41, 5.74) is 0.295. The second kappa shape index (κ2) is 6.73. The van der Waals surface area contributed by atoms with Crippen molar-refractivity contribution in [1.82, 2.24) is 0 Å². The van der Waals surface area contributed by atoms with Crippen molar-refractivity contribution in [3.05, 3.63) is 25.5 Å². The van der Waals surface area contributed by atoms with Crippen molar-refractivity contribution in [2.45, 2.75) is 6.10 Å². The molecule has 0 spiro atoms.